The molecule has 4 saturated heterocycles. The van der Waals surface area contributed by atoms with Crippen LogP contribution in [-0.2, 0) is 24.0 Å². The van der Waals surface area contributed by atoms with Gasteiger partial charge in [0.25, 0.3) is 18.7 Å². The van der Waals surface area contributed by atoms with Gasteiger partial charge in [-0.2, -0.15) is 9.36 Å². The minimum absolute atomic E-state index is 0.0467. The van der Waals surface area contributed by atoms with E-state index in [2.05, 4.69) is 24.7 Å². The number of carboxylic acid groups (broad SMARTS) is 1. The maximum absolute atomic E-state index is 13.0. The van der Waals surface area contributed by atoms with Crippen molar-refractivity contribution in [1.82, 2.24) is 19.6 Å². The van der Waals surface area contributed by atoms with E-state index in [9.17, 15) is 28.7 Å². The Morgan fingerprint density at radius 2 is 2.00 bits per heavy atom. The van der Waals surface area contributed by atoms with Crippen LogP contribution in [0.25, 0.3) is 0 Å². The summed E-state index contributed by atoms with van der Waals surface area (Å²) in [6.45, 7) is 1.90. The average Bonchev–Trinajstić information content (AvgIpc) is 3.38. The first-order chi connectivity index (χ1) is 19.1. The van der Waals surface area contributed by atoms with Gasteiger partial charge in [0, 0.05) is 36.5 Å². The summed E-state index contributed by atoms with van der Waals surface area (Å²) < 4.78 is 17.2. The summed E-state index contributed by atoms with van der Waals surface area (Å²) in [7, 11) is 0. The Bertz CT molecular complexity index is 1320. The number of hydrogen-bond donors (Lipinski definition) is 4. The molecule has 5 aliphatic heterocycles. The number of carboxylic acids is 1. The maximum Gasteiger partial charge on any atom is 0.352 e. The van der Waals surface area contributed by atoms with Crippen LogP contribution in [0.1, 0.15) is 25.1 Å². The average molecular weight is 596 g/mol. The highest BCUT2D eigenvalue weighted by Gasteiger charge is 2.55. The second-order valence-corrected chi connectivity index (χ2v) is 12.1. The molecular weight excluding hydrogens is 567 g/mol. The summed E-state index contributed by atoms with van der Waals surface area (Å²) in [6, 6.07) is -1.05. The van der Waals surface area contributed by atoms with Gasteiger partial charge in [-0.15, -0.1) is 11.8 Å². The van der Waals surface area contributed by atoms with Gasteiger partial charge in [-0.25, -0.2) is 9.18 Å². The molecule has 0 unspecified atom stereocenters. The number of anilines is 1. The van der Waals surface area contributed by atoms with Crippen molar-refractivity contribution in [1.29, 1.82) is 0 Å². The van der Waals surface area contributed by atoms with Crippen LogP contribution in [0.3, 0.4) is 0 Å². The summed E-state index contributed by atoms with van der Waals surface area (Å²) in [5.41, 5.74) is 10.7. The van der Waals surface area contributed by atoms with E-state index in [0.29, 0.717) is 17.9 Å². The number of thioether (sulfide) groups is 1. The molecule has 1 aromatic rings. The van der Waals surface area contributed by atoms with Crippen LogP contribution in [-0.4, -0.2) is 103 Å². The monoisotopic (exact) mass is 595 g/mol. The lowest BCUT2D eigenvalue weighted by Gasteiger charge is -2.53. The Balaban J connectivity index is 1.27. The lowest BCUT2D eigenvalue weighted by molar-refractivity contribution is -0.939. The molecule has 0 aliphatic carbocycles. The predicted molar refractivity (Wildman–Crippen MR) is 142 cm³/mol. The molecule has 40 heavy (non-hydrogen) atoms. The number of carbonyl (C=O) groups is 4. The fraction of sp³-hybridized carbons (Fsp3) is 0.522. The van der Waals surface area contributed by atoms with E-state index in [1.165, 1.54) is 11.8 Å². The number of quaternary nitrogens is 1. The van der Waals surface area contributed by atoms with Gasteiger partial charge in [0.2, 0.25) is 17.4 Å². The second-order valence-electron chi connectivity index (χ2n) is 10.2. The minimum atomic E-state index is -1.30. The Kier molecular flexibility index (Phi) is 7.54. The summed E-state index contributed by atoms with van der Waals surface area (Å²) in [6.07, 6.45) is 5.95. The molecule has 214 valence electrons. The molecule has 4 fully saturated rings. The number of amides is 3. The molecule has 6 heterocycles. The van der Waals surface area contributed by atoms with Gasteiger partial charge in [-0.05, 0) is 11.6 Å². The molecule has 0 saturated carbocycles. The van der Waals surface area contributed by atoms with Crippen LogP contribution in [0, 0.1) is 5.41 Å². The van der Waals surface area contributed by atoms with Crippen LogP contribution in [0.15, 0.2) is 28.6 Å². The number of halogens is 1. The topological polar surface area (TPSA) is 203 Å². The van der Waals surface area contributed by atoms with Crippen LogP contribution in [0.4, 0.5) is 9.52 Å². The third-order valence-electron chi connectivity index (χ3n) is 8.09. The normalized spacial score (nSPS) is 29.8. The number of aliphatic carboxylic acids is 1. The number of hydrogen-bond acceptors (Lipinski definition) is 11. The zero-order valence-corrected chi connectivity index (χ0v) is 22.9. The second kappa shape index (κ2) is 10.8. The van der Waals surface area contributed by atoms with Gasteiger partial charge >= 0.3 is 5.97 Å². The third kappa shape index (κ3) is 4.92. The number of β-lactam (4-membered cyclic amide) rings is 1. The molecule has 6 rings (SSSR count). The first-order valence-electron chi connectivity index (χ1n) is 12.5. The fourth-order valence-corrected chi connectivity index (χ4v) is 7.46. The number of allylic oxidation sites excluding steroid dienone is 1. The number of nitrogens with one attached hydrogen (secondary N) is 1. The van der Waals surface area contributed by atoms with E-state index in [1.54, 1.807) is 6.08 Å². The Morgan fingerprint density at radius 3 is 2.58 bits per heavy atom. The van der Waals surface area contributed by atoms with Gasteiger partial charge < -0.3 is 31.2 Å². The van der Waals surface area contributed by atoms with Gasteiger partial charge in [0.1, 0.15) is 17.1 Å². The summed E-state index contributed by atoms with van der Waals surface area (Å²) in [4.78, 5) is 59.4. The minimum Gasteiger partial charge on any atom is -0.477 e. The molecule has 0 spiro atoms. The number of aromatic nitrogens is 2. The van der Waals surface area contributed by atoms with Gasteiger partial charge in [-0.3, -0.25) is 19.3 Å². The number of nitrogens with zero attached hydrogens (tertiary/aromatic N) is 5. The van der Waals surface area contributed by atoms with Crippen LogP contribution in [0.2, 0.25) is 0 Å². The predicted octanol–water partition coefficient (Wildman–Crippen LogP) is -0.451. The number of oxime groups is 1. The Labute approximate surface area is 236 Å². The molecule has 2 atom stereocenters. The van der Waals surface area contributed by atoms with Crippen LogP contribution >= 0.6 is 23.3 Å². The van der Waals surface area contributed by atoms with E-state index in [1.807, 2.05) is 6.08 Å². The molecule has 0 aromatic carbocycles. The van der Waals surface area contributed by atoms with Crippen molar-refractivity contribution >= 4 is 57.8 Å². The lowest BCUT2D eigenvalue weighted by Crippen LogP contribution is -2.71. The standard InChI is InChI=1S/C23H27FN8O6S2/c24-11-38-29-13(16-28-22(26)40-30-16)17(33)27-14-18(34)31-15(20(35)36)12(10-39-19(14)31)2-1-6-32-7-3-23(4-8-32,5-9-32)21(25)37/h1-2,14,19H,3-11H2,(H5-,25,26,27,28,30,33,35,36,37)/p+1/b2-1+,29-13-/t14-,19-,23?,32?/m1/s1. The smallest absolute Gasteiger partial charge is 0.352 e. The third-order valence-corrected chi connectivity index (χ3v) is 9.93. The number of primary amides is 1. The maximum atomic E-state index is 13.0. The zero-order valence-electron chi connectivity index (χ0n) is 21.2. The molecule has 14 nitrogen and oxygen atoms in total. The first-order valence-corrected chi connectivity index (χ1v) is 14.3. The van der Waals surface area contributed by atoms with Gasteiger partial charge in [0.15, 0.2) is 5.13 Å². The van der Waals surface area contributed by atoms with Crippen molar-refractivity contribution in [2.24, 2.45) is 16.3 Å². The summed E-state index contributed by atoms with van der Waals surface area (Å²) >= 11 is 2.10. The number of alkyl halides is 1. The molecule has 1 aromatic heterocycles. The number of carbonyl (C=O) groups excluding carboxylic acids is 3. The molecule has 17 heteroatoms. The number of nitrogen functional groups attached to an aromatic ring is 1. The fourth-order valence-electron chi connectivity index (χ4n) is 5.71. The Hall–Kier alpha value is -3.57. The van der Waals surface area contributed by atoms with Gasteiger partial charge in [-0.1, -0.05) is 11.2 Å². The zero-order chi connectivity index (χ0) is 28.7. The number of rotatable bonds is 10. The molecular formula is C23H28FN8O6S2+. The quantitative estimate of drug-likeness (QED) is 0.119. The molecule has 0 radical (unpaired) electrons. The highest BCUT2D eigenvalue weighted by molar-refractivity contribution is 8.00. The van der Waals surface area contributed by atoms with E-state index < -0.39 is 47.2 Å². The highest BCUT2D eigenvalue weighted by atomic mass is 32.2. The molecule has 2 bridgehead atoms. The first kappa shape index (κ1) is 28.0. The van der Waals surface area contributed by atoms with Crippen molar-refractivity contribution in [3.63, 3.8) is 0 Å². The number of piperidine rings is 3. The number of fused-ring (bicyclic) bond motifs is 4. The SMILES string of the molecule is NC(=O)C12CC[N+](C/C=C/C3=C(C(=O)O)N4C(=O)[C@@H](NC(=O)/C(=N\OCF)c5nsc(N)n5)[C@H]4SC3)(CC1)CC2. The highest BCUT2D eigenvalue weighted by Crippen LogP contribution is 2.44. The van der Waals surface area contributed by atoms with E-state index >= 15 is 0 Å². The molecule has 6 N–H and O–H groups in total. The summed E-state index contributed by atoms with van der Waals surface area (Å²) in [5, 5.41) is 15.3. The lowest BCUT2D eigenvalue weighted by atomic mass is 9.70. The van der Waals surface area contributed by atoms with Crippen molar-refractivity contribution in [3.8, 4) is 0 Å². The van der Waals surface area contributed by atoms with E-state index in [0.717, 1.165) is 59.8 Å². The van der Waals surface area contributed by atoms with Gasteiger partial charge in [0.05, 0.1) is 31.6 Å². The van der Waals surface area contributed by atoms with Crippen molar-refractivity contribution < 1.29 is 38.0 Å². The largest absolute Gasteiger partial charge is 0.477 e. The Morgan fingerprint density at radius 1 is 1.30 bits per heavy atom. The van der Waals surface area contributed by atoms with Crippen LogP contribution in [0.5, 0.6) is 0 Å². The number of nitrogens with two attached hydrogens (primary N) is 2. The van der Waals surface area contributed by atoms with E-state index in [4.69, 9.17) is 11.5 Å². The van der Waals surface area contributed by atoms with Crippen LogP contribution < -0.4 is 16.8 Å². The van der Waals surface area contributed by atoms with Crippen molar-refractivity contribution in [2.45, 2.75) is 30.7 Å². The van der Waals surface area contributed by atoms with E-state index in [-0.39, 0.29) is 22.6 Å². The van der Waals surface area contributed by atoms with Crippen molar-refractivity contribution in [3.05, 3.63) is 29.2 Å². The molecule has 5 aliphatic rings. The molecule has 3 amide bonds. The van der Waals surface area contributed by atoms with Crippen molar-refractivity contribution in [2.75, 3.05) is 44.5 Å². The summed E-state index contributed by atoms with van der Waals surface area (Å²) in [5.74, 6) is -2.87.